The molecule has 0 saturated carbocycles. The van der Waals surface area contributed by atoms with Gasteiger partial charge in [-0.25, -0.2) is 0 Å². The molecule has 0 radical (unpaired) electrons. The Labute approximate surface area is 104 Å². The van der Waals surface area contributed by atoms with Crippen molar-refractivity contribution in [3.05, 3.63) is 29.3 Å². The van der Waals surface area contributed by atoms with E-state index in [0.717, 1.165) is 24.5 Å². The van der Waals surface area contributed by atoms with Gasteiger partial charge < -0.3 is 10.1 Å². The number of alkyl halides is 3. The Bertz CT molecular complexity index is 417. The number of rotatable bonds is 3. The van der Waals surface area contributed by atoms with E-state index in [1.807, 2.05) is 0 Å². The maximum absolute atomic E-state index is 12.6. The lowest BCUT2D eigenvalue weighted by Gasteiger charge is -2.27. The molecule has 5 heteroatoms. The fourth-order valence-electron chi connectivity index (χ4n) is 2.34. The zero-order chi connectivity index (χ0) is 13.2. The van der Waals surface area contributed by atoms with E-state index in [2.05, 4.69) is 5.32 Å². The third kappa shape index (κ3) is 2.77. The van der Waals surface area contributed by atoms with Crippen molar-refractivity contribution in [1.29, 1.82) is 0 Å². The Kier molecular flexibility index (Phi) is 3.80. The zero-order valence-electron chi connectivity index (χ0n) is 10.2. The summed E-state index contributed by atoms with van der Waals surface area (Å²) < 4.78 is 42.9. The molecule has 100 valence electrons. The topological polar surface area (TPSA) is 21.3 Å². The van der Waals surface area contributed by atoms with Crippen LogP contribution in [0.15, 0.2) is 18.2 Å². The molecule has 2 rings (SSSR count). The molecule has 1 heterocycles. The van der Waals surface area contributed by atoms with E-state index in [1.165, 1.54) is 6.07 Å². The molecule has 1 N–H and O–H groups in total. The molecule has 0 spiro atoms. The Morgan fingerprint density at radius 3 is 2.83 bits per heavy atom. The third-order valence-electron chi connectivity index (χ3n) is 3.30. The number of anilines is 1. The van der Waals surface area contributed by atoms with Crippen molar-refractivity contribution in [2.45, 2.75) is 24.9 Å². The summed E-state index contributed by atoms with van der Waals surface area (Å²) in [6.45, 7) is 1.34. The van der Waals surface area contributed by atoms with Gasteiger partial charge in [0, 0.05) is 25.9 Å². The van der Waals surface area contributed by atoms with E-state index in [9.17, 15) is 13.2 Å². The molecule has 2 nitrogen and oxygen atoms in total. The number of hydrogen-bond donors (Lipinski definition) is 1. The summed E-state index contributed by atoms with van der Waals surface area (Å²) in [6.07, 6.45) is -2.51. The van der Waals surface area contributed by atoms with Gasteiger partial charge in [0.25, 0.3) is 0 Å². The summed E-state index contributed by atoms with van der Waals surface area (Å²) in [5.41, 5.74) is 0.976. The van der Waals surface area contributed by atoms with Gasteiger partial charge in [0.15, 0.2) is 0 Å². The molecule has 1 aromatic carbocycles. The highest BCUT2D eigenvalue weighted by Gasteiger charge is 2.32. The largest absolute Gasteiger partial charge is 0.416 e. The summed E-state index contributed by atoms with van der Waals surface area (Å²) in [5.74, 6) is 0.281. The van der Waals surface area contributed by atoms with E-state index in [-0.39, 0.29) is 5.92 Å². The summed E-state index contributed by atoms with van der Waals surface area (Å²) in [6, 6.07) is 3.95. The van der Waals surface area contributed by atoms with Crippen LogP contribution in [-0.4, -0.2) is 20.3 Å². The molecule has 0 aromatic heterocycles. The van der Waals surface area contributed by atoms with Crippen molar-refractivity contribution < 1.29 is 17.9 Å². The van der Waals surface area contributed by atoms with Crippen molar-refractivity contribution in [2.75, 3.05) is 25.6 Å². The van der Waals surface area contributed by atoms with Crippen molar-refractivity contribution >= 4 is 5.69 Å². The molecule has 1 atom stereocenters. The molecular formula is C13H16F3NO. The van der Waals surface area contributed by atoms with Crippen LogP contribution in [-0.2, 0) is 10.9 Å². The van der Waals surface area contributed by atoms with Crippen molar-refractivity contribution in [2.24, 2.45) is 0 Å². The molecule has 0 amide bonds. The summed E-state index contributed by atoms with van der Waals surface area (Å²) >= 11 is 0. The summed E-state index contributed by atoms with van der Waals surface area (Å²) in [4.78, 5) is 0. The molecule has 0 aliphatic carbocycles. The van der Waals surface area contributed by atoms with Crippen molar-refractivity contribution in [1.82, 2.24) is 0 Å². The van der Waals surface area contributed by atoms with E-state index < -0.39 is 11.7 Å². The number of halogens is 3. The Morgan fingerprint density at radius 2 is 2.17 bits per heavy atom. The predicted molar refractivity (Wildman–Crippen MR) is 63.8 cm³/mol. The fourth-order valence-corrected chi connectivity index (χ4v) is 2.34. The van der Waals surface area contributed by atoms with E-state index in [0.29, 0.717) is 18.8 Å². The molecule has 0 saturated heterocycles. The average molecular weight is 259 g/mol. The first-order valence-corrected chi connectivity index (χ1v) is 5.96. The van der Waals surface area contributed by atoms with Crippen molar-refractivity contribution in [3.8, 4) is 0 Å². The molecule has 1 aliphatic heterocycles. The molecular weight excluding hydrogens is 243 g/mol. The maximum Gasteiger partial charge on any atom is 0.416 e. The lowest BCUT2D eigenvalue weighted by molar-refractivity contribution is -0.137. The quantitative estimate of drug-likeness (QED) is 0.894. The minimum Gasteiger partial charge on any atom is -0.385 e. The van der Waals surface area contributed by atoms with Gasteiger partial charge in [-0.3, -0.25) is 0 Å². The first kappa shape index (κ1) is 13.2. The molecule has 1 unspecified atom stereocenters. The van der Waals surface area contributed by atoms with Crippen LogP contribution in [0.1, 0.15) is 29.9 Å². The predicted octanol–water partition coefficient (Wildman–Crippen LogP) is 3.64. The van der Waals surface area contributed by atoms with Crippen LogP contribution in [0.3, 0.4) is 0 Å². The van der Waals surface area contributed by atoms with Crippen LogP contribution >= 0.6 is 0 Å². The smallest absolute Gasteiger partial charge is 0.385 e. The SMILES string of the molecule is COCCC1CCNc2cc(C(F)(F)F)ccc21. The standard InChI is InChI=1S/C13H16F3NO/c1-18-7-5-9-4-6-17-12-8-10(13(14,15)16)2-3-11(9)12/h2-3,8-9,17H,4-7H2,1H3. The molecule has 0 fully saturated rings. The van der Waals surface area contributed by atoms with Gasteiger partial charge in [-0.1, -0.05) is 6.07 Å². The van der Waals surface area contributed by atoms with Gasteiger partial charge >= 0.3 is 6.18 Å². The number of hydrogen-bond acceptors (Lipinski definition) is 2. The highest BCUT2D eigenvalue weighted by molar-refractivity contribution is 5.57. The fraction of sp³-hybridized carbons (Fsp3) is 0.538. The van der Waals surface area contributed by atoms with Gasteiger partial charge in [-0.15, -0.1) is 0 Å². The second kappa shape index (κ2) is 5.18. The van der Waals surface area contributed by atoms with Gasteiger partial charge in [-0.05, 0) is 36.5 Å². The van der Waals surface area contributed by atoms with Crippen LogP contribution in [0, 0.1) is 0 Å². The zero-order valence-corrected chi connectivity index (χ0v) is 10.2. The lowest BCUT2D eigenvalue weighted by atomic mass is 9.88. The first-order chi connectivity index (χ1) is 8.52. The van der Waals surface area contributed by atoms with Gasteiger partial charge in [-0.2, -0.15) is 13.2 Å². The van der Waals surface area contributed by atoms with E-state index in [1.54, 1.807) is 13.2 Å². The van der Waals surface area contributed by atoms with E-state index in [4.69, 9.17) is 4.74 Å². The molecule has 0 bridgehead atoms. The normalized spacial score (nSPS) is 19.2. The highest BCUT2D eigenvalue weighted by Crippen LogP contribution is 2.38. The molecule has 18 heavy (non-hydrogen) atoms. The van der Waals surface area contributed by atoms with Gasteiger partial charge in [0.2, 0.25) is 0 Å². The number of nitrogens with one attached hydrogen (secondary N) is 1. The maximum atomic E-state index is 12.6. The number of methoxy groups -OCH3 is 1. The minimum atomic E-state index is -4.28. The van der Waals surface area contributed by atoms with Gasteiger partial charge in [0.1, 0.15) is 0 Å². The van der Waals surface area contributed by atoms with Crippen LogP contribution in [0.2, 0.25) is 0 Å². The Balaban J connectivity index is 2.25. The minimum absolute atomic E-state index is 0.281. The van der Waals surface area contributed by atoms with Crippen LogP contribution < -0.4 is 5.32 Å². The number of ether oxygens (including phenoxy) is 1. The van der Waals surface area contributed by atoms with Gasteiger partial charge in [0.05, 0.1) is 5.56 Å². The first-order valence-electron chi connectivity index (χ1n) is 5.96. The lowest BCUT2D eigenvalue weighted by Crippen LogP contribution is -2.19. The van der Waals surface area contributed by atoms with Crippen molar-refractivity contribution in [3.63, 3.8) is 0 Å². The Morgan fingerprint density at radius 1 is 1.39 bits per heavy atom. The van der Waals surface area contributed by atoms with Crippen LogP contribution in [0.4, 0.5) is 18.9 Å². The molecule has 1 aliphatic rings. The number of fused-ring (bicyclic) bond motifs is 1. The average Bonchev–Trinajstić information content (AvgIpc) is 2.34. The molecule has 1 aromatic rings. The second-order valence-electron chi connectivity index (χ2n) is 4.49. The highest BCUT2D eigenvalue weighted by atomic mass is 19.4. The monoisotopic (exact) mass is 259 g/mol. The third-order valence-corrected chi connectivity index (χ3v) is 3.30. The van der Waals surface area contributed by atoms with E-state index >= 15 is 0 Å². The summed E-state index contributed by atoms with van der Waals surface area (Å²) in [7, 11) is 1.63. The second-order valence-corrected chi connectivity index (χ2v) is 4.49. The van der Waals surface area contributed by atoms with Crippen LogP contribution in [0.25, 0.3) is 0 Å². The number of benzene rings is 1. The van der Waals surface area contributed by atoms with Crippen LogP contribution in [0.5, 0.6) is 0 Å². The summed E-state index contributed by atoms with van der Waals surface area (Å²) in [5, 5.41) is 3.04. The Hall–Kier alpha value is -1.23.